The zero-order valence-corrected chi connectivity index (χ0v) is 13.4. The molecule has 0 amide bonds. The van der Waals surface area contributed by atoms with Crippen LogP contribution in [0, 0.1) is 0 Å². The van der Waals surface area contributed by atoms with E-state index in [9.17, 15) is 9.59 Å². The lowest BCUT2D eigenvalue weighted by Gasteiger charge is -2.15. The smallest absolute Gasteiger partial charge is 0.404 e. The van der Waals surface area contributed by atoms with Gasteiger partial charge in [-0.2, -0.15) is 0 Å². The second-order valence-corrected chi connectivity index (χ2v) is 4.65. The first-order valence-corrected chi connectivity index (χ1v) is 7.31. The second-order valence-electron chi connectivity index (χ2n) is 3.41. The molecular weight excluding hydrogens is 358 g/mol. The molecule has 0 saturated carbocycles. The third-order valence-corrected chi connectivity index (χ3v) is 2.71. The fraction of sp³-hybridized carbons (Fsp3) is 0.800. The van der Waals surface area contributed by atoms with E-state index in [1.54, 1.807) is 0 Å². The van der Waals surface area contributed by atoms with Gasteiger partial charge in [0.15, 0.2) is 0 Å². The summed E-state index contributed by atoms with van der Waals surface area (Å²) in [5.41, 5.74) is -1.88. The Morgan fingerprint density at radius 1 is 0.800 bits per heavy atom. The van der Waals surface area contributed by atoms with Crippen molar-refractivity contribution in [3.05, 3.63) is 0 Å². The highest BCUT2D eigenvalue weighted by atomic mass is 35.5. The van der Waals surface area contributed by atoms with E-state index >= 15 is 0 Å². The van der Waals surface area contributed by atoms with Crippen LogP contribution < -0.4 is 0 Å². The van der Waals surface area contributed by atoms with Gasteiger partial charge < -0.3 is 18.9 Å². The van der Waals surface area contributed by atoms with E-state index in [-0.39, 0.29) is 38.2 Å². The number of hydrogen-bond acceptors (Lipinski definition) is 6. The van der Waals surface area contributed by atoms with Gasteiger partial charge in [-0.3, -0.25) is 0 Å². The number of carbonyl (C=O) groups is 2. The predicted molar refractivity (Wildman–Crippen MR) is 75.3 cm³/mol. The molecule has 0 bridgehead atoms. The number of alkyl halides is 2. The van der Waals surface area contributed by atoms with Gasteiger partial charge in [0.05, 0.1) is 38.2 Å². The van der Waals surface area contributed by atoms with E-state index in [0.29, 0.717) is 0 Å². The standard InChI is InChI=1S/C10H14Cl4O6/c11-3-7(19-9(13)15)5-17-1-2-18-6-8(4-12)20-10(14)16/h7-8H,1-6H2. The average molecular weight is 372 g/mol. The van der Waals surface area contributed by atoms with Crippen molar-refractivity contribution < 1.29 is 28.5 Å². The number of rotatable bonds is 11. The molecule has 0 spiro atoms. The molecular formula is C10H14Cl4O6. The molecule has 0 aromatic rings. The first-order chi connectivity index (χ1) is 9.49. The quantitative estimate of drug-likeness (QED) is 0.316. The van der Waals surface area contributed by atoms with Crippen LogP contribution in [0.15, 0.2) is 0 Å². The molecule has 0 heterocycles. The Labute approximate surface area is 136 Å². The van der Waals surface area contributed by atoms with Gasteiger partial charge in [-0.05, 0) is 0 Å². The normalized spacial score (nSPS) is 13.6. The molecule has 0 radical (unpaired) electrons. The lowest BCUT2D eigenvalue weighted by Crippen LogP contribution is -2.26. The lowest BCUT2D eigenvalue weighted by atomic mass is 10.4. The summed E-state index contributed by atoms with van der Waals surface area (Å²) in [6.45, 7) is 0.663. The molecule has 0 saturated heterocycles. The highest BCUT2D eigenvalue weighted by molar-refractivity contribution is 6.61. The SMILES string of the molecule is O=C(Cl)OC(CCl)COCCOCC(CCl)OC(=O)Cl. The van der Waals surface area contributed by atoms with Crippen LogP contribution in [0.25, 0.3) is 0 Å². The van der Waals surface area contributed by atoms with Gasteiger partial charge in [0, 0.05) is 23.2 Å². The van der Waals surface area contributed by atoms with Gasteiger partial charge in [0.2, 0.25) is 0 Å². The van der Waals surface area contributed by atoms with Gasteiger partial charge in [0.25, 0.3) is 0 Å². The van der Waals surface area contributed by atoms with Gasteiger partial charge in [0.1, 0.15) is 12.2 Å². The van der Waals surface area contributed by atoms with Crippen molar-refractivity contribution in [2.24, 2.45) is 0 Å². The summed E-state index contributed by atoms with van der Waals surface area (Å²) in [7, 11) is 0. The number of ether oxygens (including phenoxy) is 4. The zero-order valence-electron chi connectivity index (χ0n) is 10.4. The van der Waals surface area contributed by atoms with Crippen LogP contribution in [0.3, 0.4) is 0 Å². The molecule has 0 fully saturated rings. The Hall–Kier alpha value is 0.0200. The second kappa shape index (κ2) is 12.7. The van der Waals surface area contributed by atoms with E-state index in [1.165, 1.54) is 0 Å². The van der Waals surface area contributed by atoms with Gasteiger partial charge >= 0.3 is 10.9 Å². The van der Waals surface area contributed by atoms with E-state index in [0.717, 1.165) is 0 Å². The van der Waals surface area contributed by atoms with Gasteiger partial charge in [-0.15, -0.1) is 23.2 Å². The first kappa shape index (κ1) is 20.0. The van der Waals surface area contributed by atoms with Crippen LogP contribution in [0.4, 0.5) is 9.59 Å². The molecule has 0 aliphatic rings. The van der Waals surface area contributed by atoms with Crippen molar-refractivity contribution in [1.82, 2.24) is 0 Å². The molecule has 0 aromatic heterocycles. The van der Waals surface area contributed by atoms with Crippen LogP contribution in [0.1, 0.15) is 0 Å². The molecule has 0 aromatic carbocycles. The minimum Gasteiger partial charge on any atom is -0.447 e. The first-order valence-electron chi connectivity index (χ1n) is 5.49. The van der Waals surface area contributed by atoms with Gasteiger partial charge in [-0.1, -0.05) is 0 Å². The summed E-state index contributed by atoms with van der Waals surface area (Å²) in [5, 5.41) is 0. The Kier molecular flexibility index (Phi) is 12.8. The molecule has 6 nitrogen and oxygen atoms in total. The monoisotopic (exact) mass is 370 g/mol. The highest BCUT2D eigenvalue weighted by Gasteiger charge is 2.13. The summed E-state index contributed by atoms with van der Waals surface area (Å²) < 4.78 is 19.6. The lowest BCUT2D eigenvalue weighted by molar-refractivity contribution is -0.0112. The van der Waals surface area contributed by atoms with Crippen molar-refractivity contribution >= 4 is 57.3 Å². The Morgan fingerprint density at radius 2 is 1.15 bits per heavy atom. The summed E-state index contributed by atoms with van der Waals surface area (Å²) in [6.07, 6.45) is -1.23. The molecule has 10 heteroatoms. The fourth-order valence-corrected chi connectivity index (χ4v) is 1.59. The molecule has 118 valence electrons. The molecule has 20 heavy (non-hydrogen) atoms. The summed E-state index contributed by atoms with van der Waals surface area (Å²) >= 11 is 21.2. The summed E-state index contributed by atoms with van der Waals surface area (Å²) in [5.74, 6) is 0.138. The maximum atomic E-state index is 10.5. The molecule has 0 aliphatic heterocycles. The maximum Gasteiger partial charge on any atom is 0.404 e. The number of hydrogen-bond donors (Lipinski definition) is 0. The maximum absolute atomic E-state index is 10.5. The summed E-state index contributed by atoms with van der Waals surface area (Å²) in [4.78, 5) is 21.0. The van der Waals surface area contributed by atoms with Crippen molar-refractivity contribution in [3.8, 4) is 0 Å². The Bertz CT molecular complexity index is 263. The van der Waals surface area contributed by atoms with Crippen LogP contribution in [-0.2, 0) is 18.9 Å². The molecule has 2 atom stereocenters. The van der Waals surface area contributed by atoms with E-state index < -0.39 is 23.1 Å². The fourth-order valence-electron chi connectivity index (χ4n) is 1.03. The Balaban J connectivity index is 3.60. The Morgan fingerprint density at radius 3 is 1.40 bits per heavy atom. The third-order valence-electron chi connectivity index (χ3n) is 1.84. The average Bonchev–Trinajstić information content (AvgIpc) is 2.38. The van der Waals surface area contributed by atoms with E-state index in [4.69, 9.17) is 55.9 Å². The minimum absolute atomic E-state index is 0.0688. The van der Waals surface area contributed by atoms with Crippen molar-refractivity contribution in [3.63, 3.8) is 0 Å². The van der Waals surface area contributed by atoms with Crippen LogP contribution in [-0.4, -0.2) is 61.3 Å². The van der Waals surface area contributed by atoms with Crippen molar-refractivity contribution in [1.29, 1.82) is 0 Å². The van der Waals surface area contributed by atoms with E-state index in [1.807, 2.05) is 0 Å². The van der Waals surface area contributed by atoms with Crippen LogP contribution in [0.2, 0.25) is 0 Å². The number of carbonyl (C=O) groups excluding carboxylic acids is 2. The van der Waals surface area contributed by atoms with Gasteiger partial charge in [-0.25, -0.2) is 9.59 Å². The highest BCUT2D eigenvalue weighted by Crippen LogP contribution is 2.02. The van der Waals surface area contributed by atoms with Crippen LogP contribution in [0.5, 0.6) is 0 Å². The minimum atomic E-state index is -0.941. The molecule has 2 unspecified atom stereocenters. The van der Waals surface area contributed by atoms with E-state index in [2.05, 4.69) is 9.47 Å². The topological polar surface area (TPSA) is 71.1 Å². The molecule has 0 rings (SSSR count). The third kappa shape index (κ3) is 11.8. The molecule has 0 N–H and O–H groups in total. The molecule has 0 aliphatic carbocycles. The van der Waals surface area contributed by atoms with Crippen molar-refractivity contribution in [2.75, 3.05) is 38.2 Å². The van der Waals surface area contributed by atoms with Crippen LogP contribution >= 0.6 is 46.4 Å². The largest absolute Gasteiger partial charge is 0.447 e. The number of halogens is 4. The van der Waals surface area contributed by atoms with Crippen molar-refractivity contribution in [2.45, 2.75) is 12.2 Å². The predicted octanol–water partition coefficient (Wildman–Crippen LogP) is 2.99. The summed E-state index contributed by atoms with van der Waals surface area (Å²) in [6, 6.07) is 0. The zero-order chi connectivity index (χ0) is 15.4.